The molecule has 0 aliphatic rings. The first-order chi connectivity index (χ1) is 30.8. The summed E-state index contributed by atoms with van der Waals surface area (Å²) in [7, 11) is 0. The lowest BCUT2D eigenvalue weighted by molar-refractivity contribution is 1.18. The van der Waals surface area contributed by atoms with Gasteiger partial charge in [-0.3, -0.25) is 0 Å². The molecule has 0 saturated carbocycles. The van der Waals surface area contributed by atoms with Gasteiger partial charge in [-0.2, -0.15) is 0 Å². The molecule has 12 rings (SSSR count). The molecule has 0 unspecified atom stereocenters. The normalized spacial score (nSPS) is 11.5. The molecule has 0 amide bonds. The number of anilines is 6. The monoisotopic (exact) mass is 809 g/mol. The third-order valence-corrected chi connectivity index (χ3v) is 13.2. The van der Waals surface area contributed by atoms with Gasteiger partial charge in [0.05, 0.1) is 22.4 Å². The van der Waals surface area contributed by atoms with Crippen LogP contribution in [0, 0.1) is 0 Å². The van der Waals surface area contributed by atoms with Gasteiger partial charge in [0.2, 0.25) is 0 Å². The summed E-state index contributed by atoms with van der Waals surface area (Å²) in [6.07, 6.45) is 0. The van der Waals surface area contributed by atoms with Gasteiger partial charge in [-0.05, 0) is 95.9 Å². The molecule has 0 aliphatic carbocycles. The number of thiophene rings is 1. The molecule has 0 N–H and O–H groups in total. The van der Waals surface area contributed by atoms with E-state index in [-0.39, 0.29) is 0 Å². The summed E-state index contributed by atoms with van der Waals surface area (Å²) in [6, 6.07) is 85.9. The summed E-state index contributed by atoms with van der Waals surface area (Å²) in [5.74, 6) is 0. The Bertz CT molecular complexity index is 3570. The summed E-state index contributed by atoms with van der Waals surface area (Å²) in [4.78, 5) is 4.88. The highest BCUT2D eigenvalue weighted by Gasteiger charge is 2.24. The molecule has 62 heavy (non-hydrogen) atoms. The predicted molar refractivity (Wildman–Crippen MR) is 266 cm³/mol. The van der Waals surface area contributed by atoms with Crippen LogP contribution in [0.3, 0.4) is 0 Å². The van der Waals surface area contributed by atoms with E-state index in [4.69, 9.17) is 0 Å². The Labute approximate surface area is 364 Å². The second kappa shape index (κ2) is 15.0. The van der Waals surface area contributed by atoms with Crippen molar-refractivity contribution in [2.24, 2.45) is 0 Å². The molecule has 0 atom stereocenters. The van der Waals surface area contributed by atoms with E-state index < -0.39 is 0 Å². The van der Waals surface area contributed by atoms with Crippen LogP contribution in [0.4, 0.5) is 34.1 Å². The van der Waals surface area contributed by atoms with Crippen molar-refractivity contribution in [2.75, 3.05) is 9.80 Å². The lowest BCUT2D eigenvalue weighted by Gasteiger charge is -2.30. The Kier molecular flexibility index (Phi) is 8.68. The van der Waals surface area contributed by atoms with Crippen molar-refractivity contribution in [3.63, 3.8) is 0 Å². The molecule has 4 heteroatoms. The molecule has 0 bridgehead atoms. The number of aromatic nitrogens is 1. The Morgan fingerprint density at radius 3 is 1.71 bits per heavy atom. The molecule has 10 aromatic carbocycles. The average molecular weight is 810 g/mol. The Hall–Kier alpha value is -7.92. The Balaban J connectivity index is 1.09. The molecule has 2 heterocycles. The van der Waals surface area contributed by atoms with Crippen LogP contribution < -0.4 is 9.80 Å². The van der Waals surface area contributed by atoms with Crippen molar-refractivity contribution in [3.8, 4) is 16.8 Å². The molecule has 2 aromatic heterocycles. The second-order valence-electron chi connectivity index (χ2n) is 15.7. The van der Waals surface area contributed by atoms with Gasteiger partial charge in [-0.25, -0.2) is 0 Å². The number of hydrogen-bond donors (Lipinski definition) is 0. The minimum atomic E-state index is 1.07. The highest BCUT2D eigenvalue weighted by Crippen LogP contribution is 2.50. The molecule has 0 saturated heterocycles. The molecule has 0 aliphatic heterocycles. The van der Waals surface area contributed by atoms with Gasteiger partial charge >= 0.3 is 0 Å². The largest absolute Gasteiger partial charge is 0.310 e. The highest BCUT2D eigenvalue weighted by molar-refractivity contribution is 7.26. The minimum Gasteiger partial charge on any atom is -0.310 e. The quantitative estimate of drug-likeness (QED) is 0.151. The van der Waals surface area contributed by atoms with Gasteiger partial charge in [0, 0.05) is 70.3 Å². The van der Waals surface area contributed by atoms with E-state index in [1.54, 1.807) is 0 Å². The van der Waals surface area contributed by atoms with E-state index in [1.807, 2.05) is 11.3 Å². The molecular weight excluding hydrogens is 771 g/mol. The fourth-order valence-electron chi connectivity index (χ4n) is 9.40. The van der Waals surface area contributed by atoms with Crippen LogP contribution >= 0.6 is 11.3 Å². The maximum Gasteiger partial charge on any atom is 0.0633 e. The van der Waals surface area contributed by atoms with Crippen LogP contribution in [0.25, 0.3) is 69.6 Å². The molecule has 0 spiro atoms. The molecule has 12 aromatic rings. The summed E-state index contributed by atoms with van der Waals surface area (Å²) >= 11 is 1.87. The van der Waals surface area contributed by atoms with Crippen LogP contribution in [-0.4, -0.2) is 4.57 Å². The molecule has 292 valence electrons. The first kappa shape index (κ1) is 36.0. The topological polar surface area (TPSA) is 11.4 Å². The second-order valence-corrected chi connectivity index (χ2v) is 16.8. The zero-order valence-electron chi connectivity index (χ0n) is 33.8. The predicted octanol–water partition coefficient (Wildman–Crippen LogP) is 16.9. The highest BCUT2D eigenvalue weighted by atomic mass is 32.1. The third-order valence-electron chi connectivity index (χ3n) is 12.1. The molecule has 0 fully saturated rings. The smallest absolute Gasteiger partial charge is 0.0633 e. The number of nitrogens with zero attached hydrogens (tertiary/aromatic N) is 3. The van der Waals surface area contributed by atoms with Crippen molar-refractivity contribution in [2.45, 2.75) is 0 Å². The summed E-state index contributed by atoms with van der Waals surface area (Å²) in [6.45, 7) is 0. The zero-order chi connectivity index (χ0) is 41.0. The molecule has 0 radical (unpaired) electrons. The average Bonchev–Trinajstić information content (AvgIpc) is 3.88. The van der Waals surface area contributed by atoms with Crippen molar-refractivity contribution in [3.05, 3.63) is 237 Å². The number of benzene rings is 10. The van der Waals surface area contributed by atoms with E-state index in [1.165, 1.54) is 58.5 Å². The minimum absolute atomic E-state index is 1.07. The first-order valence-electron chi connectivity index (χ1n) is 21.1. The van der Waals surface area contributed by atoms with E-state index in [2.05, 4.69) is 251 Å². The Morgan fingerprint density at radius 1 is 0.355 bits per heavy atom. The van der Waals surface area contributed by atoms with Crippen LogP contribution in [-0.2, 0) is 0 Å². The number of rotatable bonds is 8. The van der Waals surface area contributed by atoms with Gasteiger partial charge in [0.25, 0.3) is 0 Å². The maximum absolute atomic E-state index is 2.46. The molecular formula is C58H39N3S. The standard InChI is InChI=1S/C58H39N3S/c1-4-18-40(19-5-1)47-25-12-15-29-52(47)59(46-36-37-50-49-27-13-16-30-53(49)61(54(50)39-46)43-23-8-3-9-24-43)44-32-34-45(35-33-44)60(42-21-6-2-7-22-42)58-48-26-11-10-20-41(48)38-56-57(58)51-28-14-17-31-55(51)62-56/h1-39H. The summed E-state index contributed by atoms with van der Waals surface area (Å²) in [5.41, 5.74) is 12.5. The van der Waals surface area contributed by atoms with E-state index in [9.17, 15) is 0 Å². The fourth-order valence-corrected chi connectivity index (χ4v) is 10.6. The number of hydrogen-bond acceptors (Lipinski definition) is 3. The van der Waals surface area contributed by atoms with Crippen molar-refractivity contribution in [1.29, 1.82) is 0 Å². The summed E-state index contributed by atoms with van der Waals surface area (Å²) in [5, 5.41) is 7.46. The van der Waals surface area contributed by atoms with Crippen LogP contribution in [0.5, 0.6) is 0 Å². The molecule has 3 nitrogen and oxygen atoms in total. The van der Waals surface area contributed by atoms with E-state index in [0.29, 0.717) is 0 Å². The van der Waals surface area contributed by atoms with Crippen LogP contribution in [0.15, 0.2) is 237 Å². The number of fused-ring (bicyclic) bond motifs is 7. The summed E-state index contributed by atoms with van der Waals surface area (Å²) < 4.78 is 4.97. The fraction of sp³-hybridized carbons (Fsp3) is 0. The SMILES string of the molecule is c1ccc(-c2ccccc2N(c2ccc(N(c3ccccc3)c3c4ccccc4cc4sc5ccccc5c34)cc2)c2ccc3c4ccccc4n(-c4ccccc4)c3c2)cc1. The third kappa shape index (κ3) is 5.95. The lowest BCUT2D eigenvalue weighted by atomic mass is 10.0. The zero-order valence-corrected chi connectivity index (χ0v) is 34.6. The van der Waals surface area contributed by atoms with E-state index >= 15 is 0 Å². The van der Waals surface area contributed by atoms with Crippen molar-refractivity contribution >= 4 is 98.2 Å². The maximum atomic E-state index is 2.46. The lowest BCUT2D eigenvalue weighted by Crippen LogP contribution is -2.13. The van der Waals surface area contributed by atoms with E-state index in [0.717, 1.165) is 45.2 Å². The first-order valence-corrected chi connectivity index (χ1v) is 21.9. The Morgan fingerprint density at radius 2 is 0.919 bits per heavy atom. The van der Waals surface area contributed by atoms with Gasteiger partial charge in [0.15, 0.2) is 0 Å². The van der Waals surface area contributed by atoms with Gasteiger partial charge in [-0.15, -0.1) is 11.3 Å². The van der Waals surface area contributed by atoms with Crippen molar-refractivity contribution in [1.82, 2.24) is 4.57 Å². The van der Waals surface area contributed by atoms with Crippen molar-refractivity contribution < 1.29 is 0 Å². The van der Waals surface area contributed by atoms with Gasteiger partial charge in [0.1, 0.15) is 0 Å². The van der Waals surface area contributed by atoms with Gasteiger partial charge < -0.3 is 14.4 Å². The number of para-hydroxylation sites is 4. The van der Waals surface area contributed by atoms with Crippen LogP contribution in [0.2, 0.25) is 0 Å². The van der Waals surface area contributed by atoms with Gasteiger partial charge in [-0.1, -0.05) is 152 Å². The van der Waals surface area contributed by atoms with Crippen LogP contribution in [0.1, 0.15) is 0 Å².